The highest BCUT2D eigenvalue weighted by Gasteiger charge is 2.31. The summed E-state index contributed by atoms with van der Waals surface area (Å²) in [6, 6.07) is 8.50. The molecule has 152 valence electrons. The van der Waals surface area contributed by atoms with Crippen LogP contribution in [0.2, 0.25) is 0 Å². The van der Waals surface area contributed by atoms with Crippen molar-refractivity contribution in [2.45, 2.75) is 51.5 Å². The second-order valence-electron chi connectivity index (χ2n) is 8.80. The molecule has 1 N–H and O–H groups in total. The summed E-state index contributed by atoms with van der Waals surface area (Å²) in [5, 5.41) is 3.23. The van der Waals surface area contributed by atoms with Gasteiger partial charge < -0.3 is 14.6 Å². The molecule has 2 saturated heterocycles. The number of benzene rings is 1. The van der Waals surface area contributed by atoms with Crippen LogP contribution in [-0.4, -0.2) is 54.1 Å². The Morgan fingerprint density at radius 2 is 1.86 bits per heavy atom. The molecule has 1 amide bonds. The lowest BCUT2D eigenvalue weighted by atomic mass is 9.94. The minimum absolute atomic E-state index is 0.0228. The van der Waals surface area contributed by atoms with E-state index in [4.69, 9.17) is 4.42 Å². The van der Waals surface area contributed by atoms with E-state index >= 15 is 0 Å². The van der Waals surface area contributed by atoms with Gasteiger partial charge in [-0.15, -0.1) is 0 Å². The summed E-state index contributed by atoms with van der Waals surface area (Å²) in [5.41, 5.74) is 1.73. The molecule has 1 aromatic carbocycles. The molecule has 0 atom stereocenters. The summed E-state index contributed by atoms with van der Waals surface area (Å²) < 4.78 is 5.87. The topological polar surface area (TPSA) is 61.6 Å². The van der Waals surface area contributed by atoms with Gasteiger partial charge in [0, 0.05) is 31.1 Å². The van der Waals surface area contributed by atoms with Gasteiger partial charge in [0.25, 0.3) is 6.01 Å². The van der Waals surface area contributed by atoms with Crippen LogP contribution in [-0.2, 0) is 4.79 Å². The predicted octanol–water partition coefficient (Wildman–Crippen LogP) is 3.42. The molecule has 0 bridgehead atoms. The molecular formula is C22H32N4O2. The van der Waals surface area contributed by atoms with Crippen LogP contribution in [0.15, 0.2) is 28.7 Å². The van der Waals surface area contributed by atoms with Gasteiger partial charge in [-0.05, 0) is 64.8 Å². The number of aromatic nitrogens is 1. The summed E-state index contributed by atoms with van der Waals surface area (Å²) in [6.45, 7) is 9.11. The van der Waals surface area contributed by atoms with E-state index in [1.165, 1.54) is 19.3 Å². The van der Waals surface area contributed by atoms with E-state index in [0.29, 0.717) is 6.01 Å². The van der Waals surface area contributed by atoms with Gasteiger partial charge in [-0.25, -0.2) is 0 Å². The van der Waals surface area contributed by atoms with Crippen molar-refractivity contribution < 1.29 is 9.21 Å². The Morgan fingerprint density at radius 3 is 2.57 bits per heavy atom. The van der Waals surface area contributed by atoms with Crippen LogP contribution in [0.25, 0.3) is 11.1 Å². The number of para-hydroxylation sites is 2. The summed E-state index contributed by atoms with van der Waals surface area (Å²) in [7, 11) is 0. The van der Waals surface area contributed by atoms with Gasteiger partial charge in [0.2, 0.25) is 5.91 Å². The molecule has 0 radical (unpaired) electrons. The zero-order valence-corrected chi connectivity index (χ0v) is 17.1. The maximum Gasteiger partial charge on any atom is 0.298 e. The van der Waals surface area contributed by atoms with E-state index < -0.39 is 0 Å². The van der Waals surface area contributed by atoms with E-state index in [0.717, 1.165) is 56.7 Å². The Labute approximate surface area is 167 Å². The minimum atomic E-state index is 0.0228. The van der Waals surface area contributed by atoms with Crippen LogP contribution < -0.4 is 10.2 Å². The van der Waals surface area contributed by atoms with Crippen LogP contribution in [0.5, 0.6) is 0 Å². The van der Waals surface area contributed by atoms with Crippen molar-refractivity contribution in [3.8, 4) is 0 Å². The van der Waals surface area contributed by atoms with Crippen molar-refractivity contribution in [2.75, 3.05) is 37.6 Å². The molecule has 6 heteroatoms. The molecule has 2 fully saturated rings. The Bertz CT molecular complexity index is 769. The Hall–Kier alpha value is -2.08. The van der Waals surface area contributed by atoms with Crippen molar-refractivity contribution >= 4 is 23.0 Å². The number of oxazole rings is 1. The van der Waals surface area contributed by atoms with Crippen LogP contribution >= 0.6 is 0 Å². The van der Waals surface area contributed by atoms with Crippen LogP contribution in [0.1, 0.15) is 46.0 Å². The number of nitrogens with zero attached hydrogens (tertiary/aromatic N) is 3. The molecule has 6 nitrogen and oxygen atoms in total. The molecule has 0 aliphatic carbocycles. The molecule has 2 aromatic rings. The lowest BCUT2D eigenvalue weighted by Gasteiger charge is -2.41. The van der Waals surface area contributed by atoms with Crippen LogP contribution in [0.3, 0.4) is 0 Å². The minimum Gasteiger partial charge on any atom is -0.423 e. The molecule has 3 heterocycles. The van der Waals surface area contributed by atoms with Gasteiger partial charge in [0.05, 0.1) is 0 Å². The summed E-state index contributed by atoms with van der Waals surface area (Å²) in [6.07, 6.45) is 5.55. The molecule has 0 saturated carbocycles. The van der Waals surface area contributed by atoms with E-state index in [9.17, 15) is 4.79 Å². The van der Waals surface area contributed by atoms with Crippen molar-refractivity contribution in [3.63, 3.8) is 0 Å². The zero-order chi connectivity index (χ0) is 19.6. The second-order valence-corrected chi connectivity index (χ2v) is 8.80. The van der Waals surface area contributed by atoms with Crippen LogP contribution in [0, 0.1) is 5.92 Å². The van der Waals surface area contributed by atoms with Gasteiger partial charge in [0.15, 0.2) is 5.58 Å². The quantitative estimate of drug-likeness (QED) is 0.856. The van der Waals surface area contributed by atoms with E-state index in [2.05, 4.69) is 33.9 Å². The van der Waals surface area contributed by atoms with Gasteiger partial charge in [-0.2, -0.15) is 4.98 Å². The molecule has 2 aliphatic heterocycles. The molecule has 4 rings (SSSR count). The van der Waals surface area contributed by atoms with E-state index in [-0.39, 0.29) is 17.4 Å². The first-order chi connectivity index (χ1) is 13.5. The third-order valence-electron chi connectivity index (χ3n) is 6.33. The SMILES string of the molecule is CC(C)(CNC(=O)C1CCN(c2nc3ccccc3o2)CC1)N1CCCCC1. The average Bonchev–Trinajstić information content (AvgIpc) is 3.17. The number of carbonyl (C=O) groups is 1. The average molecular weight is 385 g/mol. The van der Waals surface area contributed by atoms with E-state index in [1.807, 2.05) is 24.3 Å². The largest absolute Gasteiger partial charge is 0.423 e. The zero-order valence-electron chi connectivity index (χ0n) is 17.1. The summed E-state index contributed by atoms with van der Waals surface area (Å²) in [4.78, 5) is 22.0. The highest BCUT2D eigenvalue weighted by atomic mass is 16.4. The first-order valence-electron chi connectivity index (χ1n) is 10.7. The highest BCUT2D eigenvalue weighted by Crippen LogP contribution is 2.26. The lowest BCUT2D eigenvalue weighted by Crippen LogP contribution is -2.54. The molecule has 2 aliphatic rings. The van der Waals surface area contributed by atoms with Crippen molar-refractivity contribution in [3.05, 3.63) is 24.3 Å². The monoisotopic (exact) mass is 384 g/mol. The Morgan fingerprint density at radius 1 is 1.14 bits per heavy atom. The van der Waals surface area contributed by atoms with Gasteiger partial charge in [-0.1, -0.05) is 18.6 Å². The molecular weight excluding hydrogens is 352 g/mol. The Kier molecular flexibility index (Phi) is 5.58. The van der Waals surface area contributed by atoms with Gasteiger partial charge in [0.1, 0.15) is 5.52 Å². The first kappa shape index (κ1) is 19.2. The number of fused-ring (bicyclic) bond motifs is 1. The number of amides is 1. The molecule has 1 aromatic heterocycles. The van der Waals surface area contributed by atoms with Gasteiger partial charge in [-0.3, -0.25) is 9.69 Å². The fourth-order valence-electron chi connectivity index (χ4n) is 4.39. The normalized spacial score (nSPS) is 19.9. The standard InChI is InChI=1S/C22H32N4O2/c1-22(2,26-12-6-3-7-13-26)16-23-20(27)17-10-14-25(15-11-17)21-24-18-8-4-5-9-19(18)28-21/h4-5,8-9,17H,3,6-7,10-16H2,1-2H3,(H,23,27). The summed E-state index contributed by atoms with van der Waals surface area (Å²) >= 11 is 0. The van der Waals surface area contributed by atoms with Gasteiger partial charge >= 0.3 is 0 Å². The molecule has 28 heavy (non-hydrogen) atoms. The number of piperidine rings is 2. The maximum absolute atomic E-state index is 12.7. The molecule has 0 unspecified atom stereocenters. The number of anilines is 1. The maximum atomic E-state index is 12.7. The number of likely N-dealkylation sites (tertiary alicyclic amines) is 1. The smallest absolute Gasteiger partial charge is 0.298 e. The fourth-order valence-corrected chi connectivity index (χ4v) is 4.39. The predicted molar refractivity (Wildman–Crippen MR) is 111 cm³/mol. The third-order valence-corrected chi connectivity index (χ3v) is 6.33. The van der Waals surface area contributed by atoms with E-state index in [1.54, 1.807) is 0 Å². The van der Waals surface area contributed by atoms with Crippen molar-refractivity contribution in [2.24, 2.45) is 5.92 Å². The summed E-state index contributed by atoms with van der Waals surface area (Å²) in [5.74, 6) is 0.278. The second kappa shape index (κ2) is 8.11. The van der Waals surface area contributed by atoms with Crippen LogP contribution in [0.4, 0.5) is 6.01 Å². The first-order valence-corrected chi connectivity index (χ1v) is 10.7. The highest BCUT2D eigenvalue weighted by molar-refractivity contribution is 5.79. The molecule has 0 spiro atoms. The van der Waals surface area contributed by atoms with Crippen molar-refractivity contribution in [1.29, 1.82) is 0 Å². The third kappa shape index (κ3) is 4.17. The number of carbonyl (C=O) groups excluding carboxylic acids is 1. The number of hydrogen-bond acceptors (Lipinski definition) is 5. The fraction of sp³-hybridized carbons (Fsp3) is 0.636. The Balaban J connectivity index is 1.27. The number of rotatable bonds is 5. The lowest BCUT2D eigenvalue weighted by molar-refractivity contribution is -0.126. The number of hydrogen-bond donors (Lipinski definition) is 1. The number of nitrogens with one attached hydrogen (secondary N) is 1. The van der Waals surface area contributed by atoms with Crippen molar-refractivity contribution in [1.82, 2.24) is 15.2 Å².